The molecule has 28 heavy (non-hydrogen) atoms. The lowest BCUT2D eigenvalue weighted by Crippen LogP contribution is -2.42. The standard InChI is InChI=1S/C22H32N4O2/c1-23-22(26(4)16-17-11-13-18(27-5)14-12-17)24-15-20(25(2)3)19-9-7-8-10-21(19)28-6/h7-14,20H,15-16H2,1-6H3,(H,23,24). The lowest BCUT2D eigenvalue weighted by Gasteiger charge is -2.29. The highest BCUT2D eigenvalue weighted by atomic mass is 16.5. The van der Waals surface area contributed by atoms with Crippen LogP contribution in [0.5, 0.6) is 11.5 Å². The van der Waals surface area contributed by atoms with E-state index in [1.807, 2.05) is 37.4 Å². The van der Waals surface area contributed by atoms with Crippen LogP contribution in [0.1, 0.15) is 17.2 Å². The van der Waals surface area contributed by atoms with Gasteiger partial charge in [-0.1, -0.05) is 30.3 Å². The number of aliphatic imine (C=N–C) groups is 1. The van der Waals surface area contributed by atoms with E-state index in [1.165, 1.54) is 5.56 Å². The van der Waals surface area contributed by atoms with E-state index in [-0.39, 0.29) is 6.04 Å². The van der Waals surface area contributed by atoms with Crippen molar-refractivity contribution in [3.63, 3.8) is 0 Å². The average Bonchev–Trinajstić information content (AvgIpc) is 2.71. The Hall–Kier alpha value is -2.73. The van der Waals surface area contributed by atoms with Gasteiger partial charge < -0.3 is 24.6 Å². The third-order valence-electron chi connectivity index (χ3n) is 4.73. The average molecular weight is 385 g/mol. The van der Waals surface area contributed by atoms with E-state index >= 15 is 0 Å². The Bertz CT molecular complexity index is 759. The van der Waals surface area contributed by atoms with E-state index in [1.54, 1.807) is 21.3 Å². The number of benzene rings is 2. The Kier molecular flexibility index (Phi) is 8.14. The molecule has 0 aliphatic heterocycles. The van der Waals surface area contributed by atoms with Crippen molar-refractivity contribution in [3.8, 4) is 11.5 Å². The summed E-state index contributed by atoms with van der Waals surface area (Å²) in [5, 5.41) is 3.50. The molecule has 1 unspecified atom stereocenters. The van der Waals surface area contributed by atoms with E-state index in [0.29, 0.717) is 6.54 Å². The smallest absolute Gasteiger partial charge is 0.193 e. The maximum Gasteiger partial charge on any atom is 0.193 e. The molecule has 6 nitrogen and oxygen atoms in total. The first-order valence-electron chi connectivity index (χ1n) is 9.34. The first kappa shape index (κ1) is 21.6. The second-order valence-electron chi connectivity index (χ2n) is 6.85. The Labute approximate surface area is 168 Å². The zero-order valence-corrected chi connectivity index (χ0v) is 17.8. The zero-order valence-electron chi connectivity index (χ0n) is 17.8. The zero-order chi connectivity index (χ0) is 20.5. The lowest BCUT2D eigenvalue weighted by atomic mass is 10.0. The maximum absolute atomic E-state index is 5.55. The molecular formula is C22H32N4O2. The number of nitrogens with zero attached hydrogens (tertiary/aromatic N) is 3. The van der Waals surface area contributed by atoms with Crippen molar-refractivity contribution in [2.24, 2.45) is 4.99 Å². The summed E-state index contributed by atoms with van der Waals surface area (Å²) >= 11 is 0. The highest BCUT2D eigenvalue weighted by Gasteiger charge is 2.19. The molecule has 6 heteroatoms. The molecule has 2 aromatic carbocycles. The second kappa shape index (κ2) is 10.6. The van der Waals surface area contributed by atoms with Crippen LogP contribution in [0.3, 0.4) is 0 Å². The first-order chi connectivity index (χ1) is 13.5. The number of hydrogen-bond donors (Lipinski definition) is 1. The van der Waals surface area contributed by atoms with Crippen molar-refractivity contribution in [3.05, 3.63) is 59.7 Å². The number of para-hydroxylation sites is 1. The SMILES string of the molecule is CN=C(NCC(c1ccccc1OC)N(C)C)N(C)Cc1ccc(OC)cc1. The fraction of sp³-hybridized carbons (Fsp3) is 0.409. The normalized spacial score (nSPS) is 12.6. The number of ether oxygens (including phenoxy) is 2. The third-order valence-corrected chi connectivity index (χ3v) is 4.73. The summed E-state index contributed by atoms with van der Waals surface area (Å²) in [7, 11) is 11.4. The van der Waals surface area contributed by atoms with Crippen LogP contribution in [0.2, 0.25) is 0 Å². The fourth-order valence-electron chi connectivity index (χ4n) is 3.16. The Morgan fingerprint density at radius 2 is 1.68 bits per heavy atom. The summed E-state index contributed by atoms with van der Waals surface area (Å²) in [6, 6.07) is 16.4. The number of guanidine groups is 1. The van der Waals surface area contributed by atoms with Gasteiger partial charge in [-0.15, -0.1) is 0 Å². The first-order valence-corrected chi connectivity index (χ1v) is 9.34. The van der Waals surface area contributed by atoms with Gasteiger partial charge in [0.2, 0.25) is 0 Å². The number of methoxy groups -OCH3 is 2. The minimum atomic E-state index is 0.155. The molecule has 0 radical (unpaired) electrons. The van der Waals surface area contributed by atoms with Gasteiger partial charge in [-0.3, -0.25) is 4.99 Å². The quantitative estimate of drug-likeness (QED) is 0.560. The van der Waals surface area contributed by atoms with Crippen LogP contribution in [0.4, 0.5) is 0 Å². The van der Waals surface area contributed by atoms with Crippen molar-refractivity contribution < 1.29 is 9.47 Å². The Morgan fingerprint density at radius 3 is 2.25 bits per heavy atom. The van der Waals surface area contributed by atoms with Crippen LogP contribution < -0.4 is 14.8 Å². The topological polar surface area (TPSA) is 49.3 Å². The Balaban J connectivity index is 2.05. The molecule has 152 valence electrons. The molecule has 1 atom stereocenters. The van der Waals surface area contributed by atoms with Gasteiger partial charge in [0.1, 0.15) is 11.5 Å². The monoisotopic (exact) mass is 384 g/mol. The highest BCUT2D eigenvalue weighted by Crippen LogP contribution is 2.27. The Morgan fingerprint density at radius 1 is 1.00 bits per heavy atom. The van der Waals surface area contributed by atoms with Crippen LogP contribution >= 0.6 is 0 Å². The van der Waals surface area contributed by atoms with Crippen LogP contribution in [0.25, 0.3) is 0 Å². The minimum Gasteiger partial charge on any atom is -0.497 e. The molecule has 2 aromatic rings. The van der Waals surface area contributed by atoms with Crippen molar-refractivity contribution in [2.75, 3.05) is 49.0 Å². The highest BCUT2D eigenvalue weighted by molar-refractivity contribution is 5.79. The molecule has 0 aliphatic carbocycles. The van der Waals surface area contributed by atoms with Crippen LogP contribution in [0.15, 0.2) is 53.5 Å². The summed E-state index contributed by atoms with van der Waals surface area (Å²) in [4.78, 5) is 8.73. The van der Waals surface area contributed by atoms with Gasteiger partial charge in [0.25, 0.3) is 0 Å². The van der Waals surface area contributed by atoms with Gasteiger partial charge >= 0.3 is 0 Å². The van der Waals surface area contributed by atoms with E-state index in [4.69, 9.17) is 9.47 Å². The van der Waals surface area contributed by atoms with E-state index in [0.717, 1.165) is 29.6 Å². The van der Waals surface area contributed by atoms with Crippen molar-refractivity contribution in [1.29, 1.82) is 0 Å². The molecule has 0 fully saturated rings. The third kappa shape index (κ3) is 5.63. The summed E-state index contributed by atoms with van der Waals surface area (Å²) in [6.45, 7) is 1.47. The van der Waals surface area contributed by atoms with Crippen LogP contribution in [0, 0.1) is 0 Å². The predicted molar refractivity (Wildman–Crippen MR) is 115 cm³/mol. The summed E-state index contributed by atoms with van der Waals surface area (Å²) in [5.41, 5.74) is 2.34. The predicted octanol–water partition coefficient (Wildman–Crippen LogP) is 3.01. The molecule has 0 aromatic heterocycles. The van der Waals surface area contributed by atoms with Crippen molar-refractivity contribution in [2.45, 2.75) is 12.6 Å². The second-order valence-corrected chi connectivity index (χ2v) is 6.85. The molecule has 2 rings (SSSR count). The van der Waals surface area contributed by atoms with Gasteiger partial charge in [-0.25, -0.2) is 0 Å². The number of likely N-dealkylation sites (N-methyl/N-ethyl adjacent to an activating group) is 1. The summed E-state index contributed by atoms with van der Waals surface area (Å²) in [6.07, 6.45) is 0. The van der Waals surface area contributed by atoms with Gasteiger partial charge in [-0.2, -0.15) is 0 Å². The molecule has 0 aliphatic rings. The van der Waals surface area contributed by atoms with Gasteiger partial charge in [-0.05, 0) is 37.9 Å². The molecular weight excluding hydrogens is 352 g/mol. The maximum atomic E-state index is 5.55. The number of hydrogen-bond acceptors (Lipinski definition) is 4. The minimum absolute atomic E-state index is 0.155. The summed E-state index contributed by atoms with van der Waals surface area (Å²) < 4.78 is 10.8. The number of nitrogens with one attached hydrogen (secondary N) is 1. The lowest BCUT2D eigenvalue weighted by molar-refractivity contribution is 0.285. The van der Waals surface area contributed by atoms with E-state index in [9.17, 15) is 0 Å². The van der Waals surface area contributed by atoms with Crippen molar-refractivity contribution in [1.82, 2.24) is 15.1 Å². The molecule has 0 saturated carbocycles. The molecule has 1 N–H and O–H groups in total. The van der Waals surface area contributed by atoms with Gasteiger partial charge in [0.05, 0.1) is 20.3 Å². The molecule has 0 saturated heterocycles. The molecule has 0 spiro atoms. The van der Waals surface area contributed by atoms with Crippen LogP contribution in [-0.4, -0.2) is 64.7 Å². The number of rotatable bonds is 8. The van der Waals surface area contributed by atoms with E-state index < -0.39 is 0 Å². The largest absolute Gasteiger partial charge is 0.497 e. The summed E-state index contributed by atoms with van der Waals surface area (Å²) in [5.74, 6) is 2.60. The molecule has 0 heterocycles. The van der Waals surface area contributed by atoms with Gasteiger partial charge in [0.15, 0.2) is 5.96 Å². The fourth-order valence-corrected chi connectivity index (χ4v) is 3.16. The van der Waals surface area contributed by atoms with Crippen LogP contribution in [-0.2, 0) is 6.54 Å². The van der Waals surface area contributed by atoms with Crippen molar-refractivity contribution >= 4 is 5.96 Å². The molecule has 0 bridgehead atoms. The van der Waals surface area contributed by atoms with Gasteiger partial charge in [0, 0.05) is 32.7 Å². The van der Waals surface area contributed by atoms with E-state index in [2.05, 4.69) is 52.4 Å². The molecule has 0 amide bonds.